The van der Waals surface area contributed by atoms with Gasteiger partial charge in [0, 0.05) is 6.20 Å². The van der Waals surface area contributed by atoms with Gasteiger partial charge >= 0.3 is 0 Å². The van der Waals surface area contributed by atoms with Crippen LogP contribution in [-0.2, 0) is 4.79 Å². The Balaban J connectivity index is 2.94. The number of halogens is 1. The standard InChI is InChI=1S/C9H7ClN2O2/c10-7-4-6(9(14)12-5-7)2-1-3-8(11)13/h4-5H,3H2,(H2,11,13)(H,12,14). The van der Waals surface area contributed by atoms with Crippen LogP contribution in [0.1, 0.15) is 12.0 Å². The number of amides is 1. The van der Waals surface area contributed by atoms with Gasteiger partial charge in [-0.1, -0.05) is 23.4 Å². The summed E-state index contributed by atoms with van der Waals surface area (Å²) in [5, 5.41) is 0.382. The summed E-state index contributed by atoms with van der Waals surface area (Å²) in [6.07, 6.45) is 1.29. The molecule has 1 aromatic rings. The smallest absolute Gasteiger partial charge is 0.263 e. The van der Waals surface area contributed by atoms with E-state index in [4.69, 9.17) is 17.3 Å². The second-order valence-corrected chi connectivity index (χ2v) is 2.94. The normalized spacial score (nSPS) is 8.93. The third-order valence-corrected chi connectivity index (χ3v) is 1.57. The molecule has 0 saturated heterocycles. The molecule has 0 aliphatic heterocycles. The van der Waals surface area contributed by atoms with Gasteiger partial charge in [0.15, 0.2) is 0 Å². The molecule has 1 aromatic heterocycles. The maximum Gasteiger partial charge on any atom is 0.263 e. The van der Waals surface area contributed by atoms with Crippen molar-refractivity contribution < 1.29 is 4.79 Å². The predicted octanol–water partition coefficient (Wildman–Crippen LogP) is 0.255. The molecule has 0 aliphatic carbocycles. The highest BCUT2D eigenvalue weighted by atomic mass is 35.5. The molecule has 1 rings (SSSR count). The molecule has 1 heterocycles. The first-order chi connectivity index (χ1) is 6.59. The number of primary amides is 1. The Labute approximate surface area is 85.1 Å². The van der Waals surface area contributed by atoms with Crippen LogP contribution in [0.25, 0.3) is 0 Å². The van der Waals surface area contributed by atoms with E-state index in [2.05, 4.69) is 16.8 Å². The number of hydrogen-bond acceptors (Lipinski definition) is 2. The van der Waals surface area contributed by atoms with Gasteiger partial charge in [0.2, 0.25) is 5.91 Å². The topological polar surface area (TPSA) is 76.0 Å². The number of aromatic nitrogens is 1. The van der Waals surface area contributed by atoms with Gasteiger partial charge in [-0.15, -0.1) is 0 Å². The minimum absolute atomic E-state index is 0.0774. The predicted molar refractivity (Wildman–Crippen MR) is 52.8 cm³/mol. The van der Waals surface area contributed by atoms with Crippen LogP contribution in [0.5, 0.6) is 0 Å². The van der Waals surface area contributed by atoms with Crippen molar-refractivity contribution in [1.29, 1.82) is 0 Å². The summed E-state index contributed by atoms with van der Waals surface area (Å²) in [6.45, 7) is 0. The van der Waals surface area contributed by atoms with Gasteiger partial charge in [-0.3, -0.25) is 9.59 Å². The highest BCUT2D eigenvalue weighted by Gasteiger charge is 1.96. The maximum absolute atomic E-state index is 11.1. The third-order valence-electron chi connectivity index (χ3n) is 1.35. The number of hydrogen-bond donors (Lipinski definition) is 2. The van der Waals surface area contributed by atoms with E-state index in [-0.39, 0.29) is 17.5 Å². The van der Waals surface area contributed by atoms with Crippen LogP contribution in [0.15, 0.2) is 17.1 Å². The van der Waals surface area contributed by atoms with E-state index in [0.717, 1.165) is 0 Å². The molecule has 0 unspecified atom stereocenters. The van der Waals surface area contributed by atoms with E-state index < -0.39 is 5.91 Å². The molecule has 0 aliphatic rings. The molecule has 0 radical (unpaired) electrons. The summed E-state index contributed by atoms with van der Waals surface area (Å²) < 4.78 is 0. The van der Waals surface area contributed by atoms with Crippen LogP contribution in [0.2, 0.25) is 5.02 Å². The molecule has 5 heteroatoms. The minimum Gasteiger partial charge on any atom is -0.369 e. The molecule has 0 atom stereocenters. The number of nitrogens with two attached hydrogens (primary N) is 1. The first-order valence-electron chi connectivity index (χ1n) is 3.75. The fourth-order valence-electron chi connectivity index (χ4n) is 0.777. The van der Waals surface area contributed by atoms with Crippen LogP contribution >= 0.6 is 11.6 Å². The summed E-state index contributed by atoms with van der Waals surface area (Å²) in [5.74, 6) is 4.44. The SMILES string of the molecule is NC(=O)CC#Cc1cc(Cl)c[nH]c1=O. The zero-order valence-corrected chi connectivity index (χ0v) is 7.89. The number of nitrogens with one attached hydrogen (secondary N) is 1. The Morgan fingerprint density at radius 2 is 2.36 bits per heavy atom. The van der Waals surface area contributed by atoms with Crippen molar-refractivity contribution >= 4 is 17.5 Å². The average molecular weight is 211 g/mol. The lowest BCUT2D eigenvalue weighted by Crippen LogP contribution is -2.10. The molecule has 0 bridgehead atoms. The Kier molecular flexibility index (Phi) is 3.32. The fourth-order valence-corrected chi connectivity index (χ4v) is 0.940. The van der Waals surface area contributed by atoms with Crippen LogP contribution in [0.4, 0.5) is 0 Å². The molecule has 0 saturated carbocycles. The van der Waals surface area contributed by atoms with Gasteiger partial charge < -0.3 is 10.7 Å². The zero-order chi connectivity index (χ0) is 10.6. The van der Waals surface area contributed by atoms with Gasteiger partial charge in [-0.05, 0) is 6.07 Å². The summed E-state index contributed by atoms with van der Waals surface area (Å²) in [4.78, 5) is 23.9. The van der Waals surface area contributed by atoms with E-state index in [1.807, 2.05) is 0 Å². The molecule has 0 aromatic carbocycles. The van der Waals surface area contributed by atoms with Gasteiger partial charge in [0.1, 0.15) is 0 Å². The molecule has 0 spiro atoms. The Morgan fingerprint density at radius 3 is 3.00 bits per heavy atom. The van der Waals surface area contributed by atoms with Crippen LogP contribution in [-0.4, -0.2) is 10.9 Å². The number of carbonyl (C=O) groups is 1. The van der Waals surface area contributed by atoms with E-state index in [1.54, 1.807) is 0 Å². The molecule has 14 heavy (non-hydrogen) atoms. The van der Waals surface area contributed by atoms with E-state index in [1.165, 1.54) is 12.3 Å². The number of pyridine rings is 1. The van der Waals surface area contributed by atoms with Gasteiger partial charge in [-0.25, -0.2) is 0 Å². The number of rotatable bonds is 1. The Bertz CT molecular complexity index is 468. The number of aromatic amines is 1. The van der Waals surface area contributed by atoms with Crippen LogP contribution < -0.4 is 11.3 Å². The second kappa shape index (κ2) is 4.49. The highest BCUT2D eigenvalue weighted by molar-refractivity contribution is 6.30. The molecular weight excluding hydrogens is 204 g/mol. The van der Waals surface area contributed by atoms with Crippen molar-refractivity contribution in [1.82, 2.24) is 4.98 Å². The largest absolute Gasteiger partial charge is 0.369 e. The fraction of sp³-hybridized carbons (Fsp3) is 0.111. The second-order valence-electron chi connectivity index (χ2n) is 2.51. The molecule has 72 valence electrons. The summed E-state index contributed by atoms with van der Waals surface area (Å²) in [6, 6.07) is 1.42. The van der Waals surface area contributed by atoms with E-state index >= 15 is 0 Å². The summed E-state index contributed by atoms with van der Waals surface area (Å²) in [7, 11) is 0. The molecule has 4 nitrogen and oxygen atoms in total. The highest BCUT2D eigenvalue weighted by Crippen LogP contribution is 2.03. The molecule has 1 amide bonds. The van der Waals surface area contributed by atoms with Crippen LogP contribution in [0.3, 0.4) is 0 Å². The van der Waals surface area contributed by atoms with Crippen molar-refractivity contribution in [2.75, 3.05) is 0 Å². The van der Waals surface area contributed by atoms with Crippen molar-refractivity contribution in [3.05, 3.63) is 33.2 Å². The molecule has 0 fully saturated rings. The monoisotopic (exact) mass is 210 g/mol. The average Bonchev–Trinajstić information content (AvgIpc) is 2.10. The summed E-state index contributed by atoms with van der Waals surface area (Å²) in [5.41, 5.74) is 4.75. The van der Waals surface area contributed by atoms with E-state index in [9.17, 15) is 9.59 Å². The van der Waals surface area contributed by atoms with Crippen molar-refractivity contribution in [2.45, 2.75) is 6.42 Å². The maximum atomic E-state index is 11.1. The lowest BCUT2D eigenvalue weighted by Gasteiger charge is -1.90. The lowest BCUT2D eigenvalue weighted by molar-refractivity contribution is -0.117. The first kappa shape index (κ1) is 10.4. The van der Waals surface area contributed by atoms with Gasteiger partial charge in [-0.2, -0.15) is 0 Å². The third kappa shape index (κ3) is 2.96. The first-order valence-corrected chi connectivity index (χ1v) is 4.13. The van der Waals surface area contributed by atoms with Gasteiger partial charge in [0.25, 0.3) is 5.56 Å². The lowest BCUT2D eigenvalue weighted by atomic mass is 10.2. The Hall–Kier alpha value is -1.73. The van der Waals surface area contributed by atoms with Crippen molar-refractivity contribution in [3.63, 3.8) is 0 Å². The molecular formula is C9H7ClN2O2. The van der Waals surface area contributed by atoms with Crippen molar-refractivity contribution in [2.24, 2.45) is 5.73 Å². The number of H-pyrrole nitrogens is 1. The van der Waals surface area contributed by atoms with Crippen molar-refractivity contribution in [3.8, 4) is 11.8 Å². The minimum atomic E-state index is -0.532. The molecule has 3 N–H and O–H groups in total. The quantitative estimate of drug-likeness (QED) is 0.653. The summed E-state index contributed by atoms with van der Waals surface area (Å²) >= 11 is 5.63. The zero-order valence-electron chi connectivity index (χ0n) is 7.13. The van der Waals surface area contributed by atoms with Crippen LogP contribution in [0, 0.1) is 11.8 Å². The van der Waals surface area contributed by atoms with Gasteiger partial charge in [0.05, 0.1) is 17.0 Å². The van der Waals surface area contributed by atoms with E-state index in [0.29, 0.717) is 5.02 Å². The Morgan fingerprint density at radius 1 is 1.64 bits per heavy atom. The number of carbonyl (C=O) groups excluding carboxylic acids is 1.